The van der Waals surface area contributed by atoms with Crippen LogP contribution in [0.3, 0.4) is 0 Å². The van der Waals surface area contributed by atoms with Crippen molar-refractivity contribution in [3.63, 3.8) is 0 Å². The molecule has 1 unspecified atom stereocenters. The molecule has 1 aliphatic heterocycles. The van der Waals surface area contributed by atoms with Crippen molar-refractivity contribution in [1.29, 1.82) is 0 Å². The van der Waals surface area contributed by atoms with Crippen LogP contribution in [0.2, 0.25) is 0 Å². The highest BCUT2D eigenvalue weighted by atomic mass is 16.7. The summed E-state index contributed by atoms with van der Waals surface area (Å²) >= 11 is 0. The van der Waals surface area contributed by atoms with Gasteiger partial charge in [-0.2, -0.15) is 0 Å². The average molecular weight is 430 g/mol. The molecule has 0 radical (unpaired) electrons. The molecule has 1 fully saturated rings. The SMILES string of the molecule is CCCC(=O)OC1OC[C@H](OC(=O)CCC)[C@H](OC(=O)CCC)[C@H]1OC(=O)CCC. The Morgan fingerprint density at radius 3 is 1.50 bits per heavy atom. The first-order valence-corrected chi connectivity index (χ1v) is 10.8. The first kappa shape index (κ1) is 25.9. The minimum Gasteiger partial charge on any atom is -0.456 e. The lowest BCUT2D eigenvalue weighted by atomic mass is 10.0. The zero-order valence-corrected chi connectivity index (χ0v) is 18.3. The molecule has 0 saturated carbocycles. The molecule has 9 nitrogen and oxygen atoms in total. The molecule has 1 rings (SSSR count). The third kappa shape index (κ3) is 8.69. The summed E-state index contributed by atoms with van der Waals surface area (Å²) in [6.45, 7) is 7.12. The van der Waals surface area contributed by atoms with E-state index in [9.17, 15) is 19.2 Å². The predicted octanol–water partition coefficient (Wildman–Crippen LogP) is 2.82. The highest BCUT2D eigenvalue weighted by Gasteiger charge is 2.49. The molecule has 30 heavy (non-hydrogen) atoms. The number of hydrogen-bond acceptors (Lipinski definition) is 9. The van der Waals surface area contributed by atoms with E-state index in [1.165, 1.54) is 0 Å². The smallest absolute Gasteiger partial charge is 0.308 e. The van der Waals surface area contributed by atoms with Gasteiger partial charge in [0.05, 0.1) is 6.61 Å². The van der Waals surface area contributed by atoms with E-state index in [1.54, 1.807) is 0 Å². The number of ether oxygens (including phenoxy) is 5. The van der Waals surface area contributed by atoms with Crippen molar-refractivity contribution in [3.05, 3.63) is 0 Å². The van der Waals surface area contributed by atoms with E-state index in [0.717, 1.165) is 0 Å². The standard InChI is InChI=1S/C21H34O9/c1-5-9-15(22)27-14-13-26-21(30-18(25)12-8-4)20(29-17(24)11-7-3)19(14)28-16(23)10-6-2/h14,19-21H,5-13H2,1-4H3/t14-,19-,20+,21?/m0/s1. The van der Waals surface area contributed by atoms with Gasteiger partial charge in [0.15, 0.2) is 12.2 Å². The molecule has 0 N–H and O–H groups in total. The van der Waals surface area contributed by atoms with Crippen molar-refractivity contribution >= 4 is 23.9 Å². The summed E-state index contributed by atoms with van der Waals surface area (Å²) < 4.78 is 27.3. The molecule has 172 valence electrons. The summed E-state index contributed by atoms with van der Waals surface area (Å²) in [6, 6.07) is 0. The quantitative estimate of drug-likeness (QED) is 0.340. The van der Waals surface area contributed by atoms with Crippen LogP contribution in [-0.2, 0) is 42.9 Å². The van der Waals surface area contributed by atoms with Crippen LogP contribution < -0.4 is 0 Å². The third-order valence-corrected chi connectivity index (χ3v) is 4.27. The normalized spacial score (nSPS) is 23.3. The second-order valence-corrected chi connectivity index (χ2v) is 7.13. The van der Waals surface area contributed by atoms with Gasteiger partial charge in [-0.05, 0) is 25.7 Å². The average Bonchev–Trinajstić information content (AvgIpc) is 2.67. The maximum absolute atomic E-state index is 12.2. The maximum atomic E-state index is 12.2. The van der Waals surface area contributed by atoms with Crippen molar-refractivity contribution in [3.8, 4) is 0 Å². The molecule has 1 saturated heterocycles. The van der Waals surface area contributed by atoms with Crippen molar-refractivity contribution in [1.82, 2.24) is 0 Å². The Labute approximate surface area is 177 Å². The minimum atomic E-state index is -1.26. The molecule has 4 atom stereocenters. The zero-order valence-electron chi connectivity index (χ0n) is 18.3. The second-order valence-electron chi connectivity index (χ2n) is 7.13. The van der Waals surface area contributed by atoms with Crippen LogP contribution in [-0.4, -0.2) is 55.1 Å². The van der Waals surface area contributed by atoms with Gasteiger partial charge in [0.1, 0.15) is 0 Å². The Hall–Kier alpha value is -2.16. The predicted molar refractivity (Wildman–Crippen MR) is 105 cm³/mol. The molecule has 0 aliphatic carbocycles. The third-order valence-electron chi connectivity index (χ3n) is 4.27. The Kier molecular flexibility index (Phi) is 12.0. The fourth-order valence-electron chi connectivity index (χ4n) is 2.87. The molecule has 0 aromatic heterocycles. The summed E-state index contributed by atoms with van der Waals surface area (Å²) in [4.78, 5) is 48.4. The highest BCUT2D eigenvalue weighted by Crippen LogP contribution is 2.26. The summed E-state index contributed by atoms with van der Waals surface area (Å²) in [6.07, 6.45) is -1.76. The number of carbonyl (C=O) groups is 4. The van der Waals surface area contributed by atoms with Crippen molar-refractivity contribution < 1.29 is 42.9 Å². The van der Waals surface area contributed by atoms with E-state index in [1.807, 2.05) is 27.7 Å². The van der Waals surface area contributed by atoms with Gasteiger partial charge in [-0.1, -0.05) is 27.7 Å². The number of rotatable bonds is 12. The molecule has 1 aliphatic rings. The number of hydrogen-bond donors (Lipinski definition) is 0. The Morgan fingerprint density at radius 2 is 1.03 bits per heavy atom. The molecular formula is C21H34O9. The molecule has 0 spiro atoms. The molecular weight excluding hydrogens is 396 g/mol. The van der Waals surface area contributed by atoms with Crippen LogP contribution in [0.1, 0.15) is 79.1 Å². The van der Waals surface area contributed by atoms with Crippen LogP contribution in [0.15, 0.2) is 0 Å². The van der Waals surface area contributed by atoms with E-state index >= 15 is 0 Å². The summed E-state index contributed by atoms with van der Waals surface area (Å²) in [7, 11) is 0. The van der Waals surface area contributed by atoms with Crippen molar-refractivity contribution in [2.45, 2.75) is 104 Å². The lowest BCUT2D eigenvalue weighted by Crippen LogP contribution is -2.58. The topological polar surface area (TPSA) is 114 Å². The molecule has 0 bridgehead atoms. The fraction of sp³-hybridized carbons (Fsp3) is 0.810. The van der Waals surface area contributed by atoms with Gasteiger partial charge in [0.2, 0.25) is 12.4 Å². The van der Waals surface area contributed by atoms with E-state index < -0.39 is 48.5 Å². The van der Waals surface area contributed by atoms with Crippen LogP contribution in [0.25, 0.3) is 0 Å². The molecule has 9 heteroatoms. The maximum Gasteiger partial charge on any atom is 0.308 e. The Morgan fingerprint density at radius 1 is 0.633 bits per heavy atom. The van der Waals surface area contributed by atoms with Gasteiger partial charge < -0.3 is 23.7 Å². The first-order chi connectivity index (χ1) is 14.4. The molecule has 1 heterocycles. The Bertz CT molecular complexity index is 525. The van der Waals surface area contributed by atoms with Gasteiger partial charge >= 0.3 is 23.9 Å². The lowest BCUT2D eigenvalue weighted by molar-refractivity contribution is -0.275. The summed E-state index contributed by atoms with van der Waals surface area (Å²) in [5.74, 6) is -2.10. The van der Waals surface area contributed by atoms with Crippen molar-refractivity contribution in [2.75, 3.05) is 6.61 Å². The Balaban J connectivity index is 3.12. The minimum absolute atomic E-state index is 0.127. The lowest BCUT2D eigenvalue weighted by Gasteiger charge is -2.40. The fourth-order valence-corrected chi connectivity index (χ4v) is 2.87. The van der Waals surface area contributed by atoms with Gasteiger partial charge in [-0.3, -0.25) is 19.2 Å². The van der Waals surface area contributed by atoms with Gasteiger partial charge in [0.25, 0.3) is 0 Å². The van der Waals surface area contributed by atoms with Gasteiger partial charge in [-0.25, -0.2) is 0 Å². The van der Waals surface area contributed by atoms with Gasteiger partial charge in [0, 0.05) is 25.7 Å². The van der Waals surface area contributed by atoms with Crippen LogP contribution >= 0.6 is 0 Å². The highest BCUT2D eigenvalue weighted by molar-refractivity contribution is 5.72. The molecule has 0 aromatic rings. The zero-order chi connectivity index (χ0) is 22.5. The summed E-state index contributed by atoms with van der Waals surface area (Å²) in [5, 5.41) is 0. The second kappa shape index (κ2) is 14.0. The van der Waals surface area contributed by atoms with Crippen LogP contribution in [0.4, 0.5) is 0 Å². The van der Waals surface area contributed by atoms with Crippen molar-refractivity contribution in [2.24, 2.45) is 0 Å². The number of carbonyl (C=O) groups excluding carboxylic acids is 4. The van der Waals surface area contributed by atoms with E-state index in [4.69, 9.17) is 23.7 Å². The van der Waals surface area contributed by atoms with Gasteiger partial charge in [-0.15, -0.1) is 0 Å². The molecule has 0 amide bonds. The largest absolute Gasteiger partial charge is 0.456 e. The van der Waals surface area contributed by atoms with Crippen LogP contribution in [0, 0.1) is 0 Å². The van der Waals surface area contributed by atoms with Crippen LogP contribution in [0.5, 0.6) is 0 Å². The monoisotopic (exact) mass is 430 g/mol. The van der Waals surface area contributed by atoms with E-state index in [-0.39, 0.29) is 32.3 Å². The first-order valence-electron chi connectivity index (χ1n) is 10.8. The molecule has 0 aromatic carbocycles. The van der Waals surface area contributed by atoms with E-state index in [0.29, 0.717) is 25.7 Å². The number of esters is 4. The summed E-state index contributed by atoms with van der Waals surface area (Å²) in [5.41, 5.74) is 0. The van der Waals surface area contributed by atoms with E-state index in [2.05, 4.69) is 0 Å².